The van der Waals surface area contributed by atoms with Crippen molar-refractivity contribution in [2.24, 2.45) is 17.1 Å². The van der Waals surface area contributed by atoms with Gasteiger partial charge in [-0.1, -0.05) is 27.7 Å². The lowest BCUT2D eigenvalue weighted by molar-refractivity contribution is 0.0784. The van der Waals surface area contributed by atoms with Crippen molar-refractivity contribution in [3.8, 4) is 0 Å². The van der Waals surface area contributed by atoms with Gasteiger partial charge in [0, 0.05) is 18.1 Å². The predicted octanol–water partition coefficient (Wildman–Crippen LogP) is 2.92. The molecule has 3 N–H and O–H groups in total. The van der Waals surface area contributed by atoms with Gasteiger partial charge in [-0.3, -0.25) is 0 Å². The minimum atomic E-state index is 0.177. The van der Waals surface area contributed by atoms with Gasteiger partial charge >= 0.3 is 0 Å². The van der Waals surface area contributed by atoms with Crippen LogP contribution in [0.2, 0.25) is 0 Å². The summed E-state index contributed by atoms with van der Waals surface area (Å²) in [4.78, 5) is 0. The Hall–Kier alpha value is -0.0800. The van der Waals surface area contributed by atoms with Crippen molar-refractivity contribution >= 4 is 0 Å². The maximum Gasteiger partial charge on any atom is 0.0313 e. The van der Waals surface area contributed by atoms with Gasteiger partial charge in [0.05, 0.1) is 0 Å². The second-order valence-electron chi connectivity index (χ2n) is 6.79. The smallest absolute Gasteiger partial charge is 0.0313 e. The average molecular weight is 226 g/mol. The molecule has 2 nitrogen and oxygen atoms in total. The molecule has 0 saturated heterocycles. The van der Waals surface area contributed by atoms with E-state index in [-0.39, 0.29) is 5.54 Å². The van der Waals surface area contributed by atoms with Crippen LogP contribution in [0.25, 0.3) is 0 Å². The van der Waals surface area contributed by atoms with E-state index in [1.165, 1.54) is 25.7 Å². The molecule has 1 aliphatic rings. The van der Waals surface area contributed by atoms with E-state index in [0.717, 1.165) is 12.5 Å². The molecular formula is C14H30N2. The first-order chi connectivity index (χ1) is 7.32. The van der Waals surface area contributed by atoms with Gasteiger partial charge < -0.3 is 11.1 Å². The molecule has 16 heavy (non-hydrogen) atoms. The summed E-state index contributed by atoms with van der Waals surface area (Å²) in [6, 6.07) is 0.574. The third kappa shape index (κ3) is 3.46. The summed E-state index contributed by atoms with van der Waals surface area (Å²) < 4.78 is 0. The van der Waals surface area contributed by atoms with Gasteiger partial charge in [-0.05, 0) is 43.9 Å². The van der Waals surface area contributed by atoms with Gasteiger partial charge in [0.15, 0.2) is 0 Å². The van der Waals surface area contributed by atoms with Crippen LogP contribution < -0.4 is 11.1 Å². The summed E-state index contributed by atoms with van der Waals surface area (Å²) in [6.45, 7) is 12.4. The zero-order valence-electron chi connectivity index (χ0n) is 11.8. The lowest BCUT2D eigenvalue weighted by Gasteiger charge is -2.49. The Morgan fingerprint density at radius 3 is 2.44 bits per heavy atom. The van der Waals surface area contributed by atoms with E-state index in [9.17, 15) is 0 Å². The summed E-state index contributed by atoms with van der Waals surface area (Å²) in [6.07, 6.45) is 4.95. The Morgan fingerprint density at radius 1 is 1.38 bits per heavy atom. The van der Waals surface area contributed by atoms with Crippen LogP contribution in [0.1, 0.15) is 60.3 Å². The molecule has 0 radical (unpaired) electrons. The van der Waals surface area contributed by atoms with Crippen LogP contribution >= 0.6 is 0 Å². The summed E-state index contributed by atoms with van der Waals surface area (Å²) in [5.41, 5.74) is 6.67. The first kappa shape index (κ1) is 14.0. The minimum absolute atomic E-state index is 0.177. The molecule has 3 unspecified atom stereocenters. The zero-order chi connectivity index (χ0) is 12.4. The van der Waals surface area contributed by atoms with Crippen molar-refractivity contribution in [2.75, 3.05) is 6.54 Å². The molecule has 0 spiro atoms. The highest BCUT2D eigenvalue weighted by Gasteiger charge is 2.42. The van der Waals surface area contributed by atoms with Gasteiger partial charge in [-0.15, -0.1) is 0 Å². The van der Waals surface area contributed by atoms with Gasteiger partial charge in [0.2, 0.25) is 0 Å². The van der Waals surface area contributed by atoms with Crippen LogP contribution in [0.15, 0.2) is 0 Å². The predicted molar refractivity (Wildman–Crippen MR) is 71.5 cm³/mol. The SMILES string of the molecule is CCC(C)NC1(CN)CC(C)CC(C)(C)C1. The summed E-state index contributed by atoms with van der Waals surface area (Å²) in [5.74, 6) is 0.781. The van der Waals surface area contributed by atoms with Crippen molar-refractivity contribution < 1.29 is 0 Å². The fourth-order valence-corrected chi connectivity index (χ4v) is 3.69. The molecule has 0 aliphatic heterocycles. The molecule has 3 atom stereocenters. The second kappa shape index (κ2) is 5.05. The Kier molecular flexibility index (Phi) is 4.42. The molecule has 0 bridgehead atoms. The van der Waals surface area contributed by atoms with Gasteiger partial charge in [-0.25, -0.2) is 0 Å². The lowest BCUT2D eigenvalue weighted by atomic mass is 9.64. The summed E-state index contributed by atoms with van der Waals surface area (Å²) in [7, 11) is 0. The molecule has 96 valence electrons. The van der Waals surface area contributed by atoms with Gasteiger partial charge in [-0.2, -0.15) is 0 Å². The van der Waals surface area contributed by atoms with Crippen molar-refractivity contribution in [2.45, 2.75) is 71.9 Å². The van der Waals surface area contributed by atoms with Crippen molar-refractivity contribution in [1.29, 1.82) is 0 Å². The van der Waals surface area contributed by atoms with E-state index in [1.54, 1.807) is 0 Å². The van der Waals surface area contributed by atoms with Crippen LogP contribution in [-0.2, 0) is 0 Å². The van der Waals surface area contributed by atoms with Crippen molar-refractivity contribution in [3.05, 3.63) is 0 Å². The molecular weight excluding hydrogens is 196 g/mol. The topological polar surface area (TPSA) is 38.0 Å². The number of hydrogen-bond acceptors (Lipinski definition) is 2. The standard InChI is InChI=1S/C14H30N2/c1-6-12(3)16-14(10-15)8-11(2)7-13(4,5)9-14/h11-12,16H,6-10,15H2,1-5H3. The van der Waals surface area contributed by atoms with Crippen LogP contribution in [0, 0.1) is 11.3 Å². The number of hydrogen-bond donors (Lipinski definition) is 2. The monoisotopic (exact) mass is 226 g/mol. The molecule has 0 heterocycles. The fourth-order valence-electron chi connectivity index (χ4n) is 3.69. The maximum absolute atomic E-state index is 6.06. The van der Waals surface area contributed by atoms with E-state index in [1.807, 2.05) is 0 Å². The normalized spacial score (nSPS) is 36.0. The number of rotatable bonds is 4. The van der Waals surface area contributed by atoms with Gasteiger partial charge in [0.25, 0.3) is 0 Å². The van der Waals surface area contributed by atoms with E-state index in [4.69, 9.17) is 5.73 Å². The van der Waals surface area contributed by atoms with Crippen molar-refractivity contribution in [3.63, 3.8) is 0 Å². The number of nitrogens with two attached hydrogens (primary N) is 1. The number of nitrogens with one attached hydrogen (secondary N) is 1. The highest BCUT2D eigenvalue weighted by atomic mass is 15.0. The third-order valence-corrected chi connectivity index (χ3v) is 4.01. The molecule has 0 aromatic heterocycles. The average Bonchev–Trinajstić information content (AvgIpc) is 2.14. The fraction of sp³-hybridized carbons (Fsp3) is 1.00. The van der Waals surface area contributed by atoms with E-state index in [2.05, 4.69) is 39.9 Å². The molecule has 0 amide bonds. The summed E-state index contributed by atoms with van der Waals surface area (Å²) >= 11 is 0. The zero-order valence-corrected chi connectivity index (χ0v) is 11.8. The largest absolute Gasteiger partial charge is 0.329 e. The molecule has 2 heteroatoms. The van der Waals surface area contributed by atoms with Crippen LogP contribution in [0.5, 0.6) is 0 Å². The molecule has 0 aromatic carbocycles. The quantitative estimate of drug-likeness (QED) is 0.773. The van der Waals surface area contributed by atoms with Gasteiger partial charge in [0.1, 0.15) is 0 Å². The van der Waals surface area contributed by atoms with Crippen LogP contribution in [0.3, 0.4) is 0 Å². The maximum atomic E-state index is 6.06. The third-order valence-electron chi connectivity index (χ3n) is 4.01. The van der Waals surface area contributed by atoms with E-state index < -0.39 is 0 Å². The molecule has 0 aromatic rings. The second-order valence-corrected chi connectivity index (χ2v) is 6.79. The Labute approximate surface area is 101 Å². The Morgan fingerprint density at radius 2 is 2.00 bits per heavy atom. The highest BCUT2D eigenvalue weighted by Crippen LogP contribution is 2.43. The Balaban J connectivity index is 2.77. The highest BCUT2D eigenvalue weighted by molar-refractivity contribution is 5.00. The minimum Gasteiger partial charge on any atom is -0.329 e. The first-order valence-corrected chi connectivity index (χ1v) is 6.80. The Bertz CT molecular complexity index is 225. The lowest BCUT2D eigenvalue weighted by Crippen LogP contribution is -2.59. The van der Waals surface area contributed by atoms with E-state index >= 15 is 0 Å². The molecule has 1 rings (SSSR count). The molecule has 1 saturated carbocycles. The van der Waals surface area contributed by atoms with Crippen molar-refractivity contribution in [1.82, 2.24) is 5.32 Å². The molecule has 1 fully saturated rings. The van der Waals surface area contributed by atoms with E-state index in [0.29, 0.717) is 11.5 Å². The van der Waals surface area contributed by atoms with Crippen LogP contribution in [-0.4, -0.2) is 18.1 Å². The van der Waals surface area contributed by atoms with Crippen LogP contribution in [0.4, 0.5) is 0 Å². The first-order valence-electron chi connectivity index (χ1n) is 6.80. The summed E-state index contributed by atoms with van der Waals surface area (Å²) in [5, 5.41) is 3.79. The molecule has 1 aliphatic carbocycles.